The average molecular weight is 296 g/mol. The summed E-state index contributed by atoms with van der Waals surface area (Å²) in [6.07, 6.45) is 0. The molecule has 0 bridgehead atoms. The SMILES string of the molecule is Cc1cc(Cl)nc(NC(=O)c2cccc(Cl)c2C)n1. The summed E-state index contributed by atoms with van der Waals surface area (Å²) < 4.78 is 0. The minimum absolute atomic E-state index is 0.175. The van der Waals surface area contributed by atoms with E-state index < -0.39 is 0 Å². The number of nitrogens with one attached hydrogen (secondary N) is 1. The summed E-state index contributed by atoms with van der Waals surface area (Å²) in [4.78, 5) is 20.1. The standard InChI is InChI=1S/C13H11Cl2N3O/c1-7-6-11(15)17-13(16-7)18-12(19)9-4-3-5-10(14)8(9)2/h3-6H,1-2H3,(H,16,17,18,19). The molecule has 6 heteroatoms. The molecular formula is C13H11Cl2N3O. The fourth-order valence-corrected chi connectivity index (χ4v) is 2.02. The van der Waals surface area contributed by atoms with E-state index in [9.17, 15) is 4.79 Å². The normalized spacial score (nSPS) is 10.3. The van der Waals surface area contributed by atoms with E-state index in [1.54, 1.807) is 38.1 Å². The number of hydrogen-bond donors (Lipinski definition) is 1. The van der Waals surface area contributed by atoms with Gasteiger partial charge in [-0.25, -0.2) is 9.97 Å². The van der Waals surface area contributed by atoms with Crippen LogP contribution in [0.1, 0.15) is 21.6 Å². The number of carbonyl (C=O) groups excluding carboxylic acids is 1. The van der Waals surface area contributed by atoms with Gasteiger partial charge in [0, 0.05) is 16.3 Å². The van der Waals surface area contributed by atoms with Gasteiger partial charge in [-0.15, -0.1) is 0 Å². The van der Waals surface area contributed by atoms with Gasteiger partial charge in [0.05, 0.1) is 0 Å². The first-order valence-corrected chi connectivity index (χ1v) is 6.30. The van der Waals surface area contributed by atoms with Crippen molar-refractivity contribution in [1.82, 2.24) is 9.97 Å². The molecule has 0 aliphatic rings. The number of aryl methyl sites for hydroxylation is 1. The molecule has 1 aromatic carbocycles. The van der Waals surface area contributed by atoms with Crippen LogP contribution in [0.3, 0.4) is 0 Å². The van der Waals surface area contributed by atoms with Gasteiger partial charge in [0.25, 0.3) is 5.91 Å². The fourth-order valence-electron chi connectivity index (χ4n) is 1.61. The summed E-state index contributed by atoms with van der Waals surface area (Å²) in [6.45, 7) is 3.55. The molecule has 0 fully saturated rings. The molecule has 1 heterocycles. The van der Waals surface area contributed by atoms with Gasteiger partial charge in [0.1, 0.15) is 5.15 Å². The smallest absolute Gasteiger partial charge is 0.258 e. The lowest BCUT2D eigenvalue weighted by molar-refractivity contribution is 0.102. The van der Waals surface area contributed by atoms with Crippen molar-refractivity contribution >= 4 is 35.1 Å². The molecule has 1 N–H and O–H groups in total. The van der Waals surface area contributed by atoms with Crippen LogP contribution in [0.5, 0.6) is 0 Å². The zero-order valence-corrected chi connectivity index (χ0v) is 11.9. The highest BCUT2D eigenvalue weighted by molar-refractivity contribution is 6.32. The van der Waals surface area contributed by atoms with E-state index in [-0.39, 0.29) is 17.0 Å². The summed E-state index contributed by atoms with van der Waals surface area (Å²) in [5, 5.41) is 3.42. The summed E-state index contributed by atoms with van der Waals surface area (Å²) >= 11 is 11.8. The third kappa shape index (κ3) is 3.22. The summed E-state index contributed by atoms with van der Waals surface area (Å²) in [5.74, 6) is -0.143. The summed E-state index contributed by atoms with van der Waals surface area (Å²) in [5.41, 5.74) is 1.87. The second-order valence-electron chi connectivity index (χ2n) is 4.02. The minimum atomic E-state index is -0.318. The van der Waals surface area contributed by atoms with Gasteiger partial charge < -0.3 is 0 Å². The van der Waals surface area contributed by atoms with Crippen molar-refractivity contribution in [2.75, 3.05) is 5.32 Å². The molecule has 4 nitrogen and oxygen atoms in total. The van der Waals surface area contributed by atoms with Crippen molar-refractivity contribution in [2.24, 2.45) is 0 Å². The molecule has 19 heavy (non-hydrogen) atoms. The van der Waals surface area contributed by atoms with Gasteiger partial charge in [0.2, 0.25) is 5.95 Å². The first-order chi connectivity index (χ1) is 8.97. The minimum Gasteiger partial charge on any atom is -0.290 e. The van der Waals surface area contributed by atoms with Crippen LogP contribution < -0.4 is 5.32 Å². The predicted molar refractivity (Wildman–Crippen MR) is 75.9 cm³/mol. The molecule has 2 aromatic rings. The van der Waals surface area contributed by atoms with Crippen molar-refractivity contribution in [3.8, 4) is 0 Å². The van der Waals surface area contributed by atoms with Gasteiger partial charge in [-0.3, -0.25) is 10.1 Å². The molecule has 1 amide bonds. The van der Waals surface area contributed by atoms with Gasteiger partial charge in [0.15, 0.2) is 0 Å². The van der Waals surface area contributed by atoms with Crippen LogP contribution >= 0.6 is 23.2 Å². The number of halogens is 2. The number of rotatable bonds is 2. The van der Waals surface area contributed by atoms with Crippen LogP contribution in [0, 0.1) is 13.8 Å². The molecular weight excluding hydrogens is 285 g/mol. The number of anilines is 1. The number of aromatic nitrogens is 2. The molecule has 1 aromatic heterocycles. The van der Waals surface area contributed by atoms with Crippen LogP contribution in [-0.4, -0.2) is 15.9 Å². The van der Waals surface area contributed by atoms with E-state index >= 15 is 0 Å². The molecule has 0 radical (unpaired) electrons. The topological polar surface area (TPSA) is 54.9 Å². The van der Waals surface area contributed by atoms with Crippen molar-refractivity contribution in [1.29, 1.82) is 0 Å². The van der Waals surface area contributed by atoms with Crippen molar-refractivity contribution in [3.05, 3.63) is 51.3 Å². The lowest BCUT2D eigenvalue weighted by Gasteiger charge is -2.08. The largest absolute Gasteiger partial charge is 0.290 e. The first kappa shape index (κ1) is 13.8. The van der Waals surface area contributed by atoms with Crippen LogP contribution in [0.25, 0.3) is 0 Å². The quantitative estimate of drug-likeness (QED) is 0.861. The van der Waals surface area contributed by atoms with E-state index in [0.717, 1.165) is 0 Å². The molecule has 0 unspecified atom stereocenters. The number of amides is 1. The second-order valence-corrected chi connectivity index (χ2v) is 4.82. The van der Waals surface area contributed by atoms with E-state index in [0.29, 0.717) is 21.8 Å². The van der Waals surface area contributed by atoms with Crippen LogP contribution in [0.2, 0.25) is 10.2 Å². The highest BCUT2D eigenvalue weighted by Gasteiger charge is 2.12. The lowest BCUT2D eigenvalue weighted by Crippen LogP contribution is -2.15. The third-order valence-electron chi connectivity index (χ3n) is 2.56. The third-order valence-corrected chi connectivity index (χ3v) is 3.16. The lowest BCUT2D eigenvalue weighted by atomic mass is 10.1. The van der Waals surface area contributed by atoms with E-state index in [1.807, 2.05) is 0 Å². The molecule has 0 saturated heterocycles. The van der Waals surface area contributed by atoms with E-state index in [2.05, 4.69) is 15.3 Å². The van der Waals surface area contributed by atoms with Gasteiger partial charge in [-0.2, -0.15) is 0 Å². The fraction of sp³-hybridized carbons (Fsp3) is 0.154. The highest BCUT2D eigenvalue weighted by Crippen LogP contribution is 2.19. The van der Waals surface area contributed by atoms with Crippen LogP contribution in [0.15, 0.2) is 24.3 Å². The zero-order chi connectivity index (χ0) is 14.0. The Bertz CT molecular complexity index is 624. The maximum atomic E-state index is 12.1. The number of nitrogens with zero attached hydrogens (tertiary/aromatic N) is 2. The van der Waals surface area contributed by atoms with Gasteiger partial charge in [-0.05, 0) is 37.6 Å². The van der Waals surface area contributed by atoms with Crippen LogP contribution in [-0.2, 0) is 0 Å². The summed E-state index contributed by atoms with van der Waals surface area (Å²) in [7, 11) is 0. The second kappa shape index (κ2) is 5.55. The molecule has 0 aliphatic heterocycles. The van der Waals surface area contributed by atoms with E-state index in [1.165, 1.54) is 0 Å². The van der Waals surface area contributed by atoms with E-state index in [4.69, 9.17) is 23.2 Å². The van der Waals surface area contributed by atoms with Crippen molar-refractivity contribution in [2.45, 2.75) is 13.8 Å². The van der Waals surface area contributed by atoms with Gasteiger partial charge >= 0.3 is 0 Å². The molecule has 0 aliphatic carbocycles. The first-order valence-electron chi connectivity index (χ1n) is 5.55. The molecule has 2 rings (SSSR count). The van der Waals surface area contributed by atoms with Crippen LogP contribution in [0.4, 0.5) is 5.95 Å². The Morgan fingerprint density at radius 2 is 1.95 bits per heavy atom. The summed E-state index contributed by atoms with van der Waals surface area (Å²) in [6, 6.07) is 6.75. The van der Waals surface area contributed by atoms with Crippen molar-refractivity contribution in [3.63, 3.8) is 0 Å². The maximum Gasteiger partial charge on any atom is 0.258 e. The number of hydrogen-bond acceptors (Lipinski definition) is 3. The Labute approximate surface area is 120 Å². The number of benzene rings is 1. The average Bonchev–Trinajstić information content (AvgIpc) is 2.31. The Balaban J connectivity index is 2.28. The molecule has 0 atom stereocenters. The maximum absolute atomic E-state index is 12.1. The predicted octanol–water partition coefficient (Wildman–Crippen LogP) is 3.65. The molecule has 98 valence electrons. The highest BCUT2D eigenvalue weighted by atomic mass is 35.5. The Morgan fingerprint density at radius 1 is 1.21 bits per heavy atom. The molecule has 0 saturated carbocycles. The Morgan fingerprint density at radius 3 is 2.63 bits per heavy atom. The Hall–Kier alpha value is -1.65. The number of carbonyl (C=O) groups is 1. The zero-order valence-electron chi connectivity index (χ0n) is 10.4. The Kier molecular flexibility index (Phi) is 4.02. The van der Waals surface area contributed by atoms with Crippen molar-refractivity contribution < 1.29 is 4.79 Å². The monoisotopic (exact) mass is 295 g/mol. The molecule has 0 spiro atoms. The van der Waals surface area contributed by atoms with Gasteiger partial charge in [-0.1, -0.05) is 29.3 Å².